The van der Waals surface area contributed by atoms with Crippen LogP contribution in [-0.2, 0) is 4.84 Å². The molecule has 15 heavy (non-hydrogen) atoms. The fraction of sp³-hybridized carbons (Fsp3) is 0.462. The summed E-state index contributed by atoms with van der Waals surface area (Å²) >= 11 is 0. The Morgan fingerprint density at radius 2 is 2.27 bits per heavy atom. The molecular formula is C13H18NO. The molecule has 0 unspecified atom stereocenters. The Labute approximate surface area is 91.9 Å². The zero-order chi connectivity index (χ0) is 11.1. The summed E-state index contributed by atoms with van der Waals surface area (Å²) in [6.07, 6.45) is 1.87. The standard InChI is InChI=1S/C13H18NO/c1-4-9-15-14-13(5-2)12-8-6-7-11(3)10-12/h6,8,10H,4-5,9H2,1-3H3. The monoisotopic (exact) mass is 204 g/mol. The molecule has 81 valence electrons. The van der Waals surface area contributed by atoms with E-state index in [4.69, 9.17) is 4.84 Å². The van der Waals surface area contributed by atoms with Crippen LogP contribution in [0.15, 0.2) is 23.4 Å². The minimum Gasteiger partial charge on any atom is -0.396 e. The van der Waals surface area contributed by atoms with Gasteiger partial charge in [-0.05, 0) is 43.0 Å². The predicted octanol–water partition coefficient (Wildman–Crippen LogP) is 3.34. The number of hydrogen-bond donors (Lipinski definition) is 0. The van der Waals surface area contributed by atoms with Crippen molar-refractivity contribution in [3.8, 4) is 0 Å². The number of benzene rings is 1. The Bertz CT molecular complexity index is 331. The fourth-order valence-corrected chi connectivity index (χ4v) is 1.30. The van der Waals surface area contributed by atoms with E-state index < -0.39 is 0 Å². The van der Waals surface area contributed by atoms with Gasteiger partial charge in [0.2, 0.25) is 0 Å². The van der Waals surface area contributed by atoms with Crippen LogP contribution in [0.1, 0.15) is 37.8 Å². The van der Waals surface area contributed by atoms with Crippen LogP contribution >= 0.6 is 0 Å². The summed E-state index contributed by atoms with van der Waals surface area (Å²) in [5, 5.41) is 4.15. The van der Waals surface area contributed by atoms with Gasteiger partial charge in [-0.2, -0.15) is 0 Å². The predicted molar refractivity (Wildman–Crippen MR) is 63.1 cm³/mol. The van der Waals surface area contributed by atoms with Crippen LogP contribution in [0.3, 0.4) is 0 Å². The summed E-state index contributed by atoms with van der Waals surface area (Å²) in [7, 11) is 0. The lowest BCUT2D eigenvalue weighted by Crippen LogP contribution is -2.01. The van der Waals surface area contributed by atoms with Crippen molar-refractivity contribution in [2.75, 3.05) is 6.61 Å². The van der Waals surface area contributed by atoms with Crippen molar-refractivity contribution in [2.45, 2.75) is 33.6 Å². The van der Waals surface area contributed by atoms with Crippen LogP contribution in [0.2, 0.25) is 0 Å². The highest BCUT2D eigenvalue weighted by Gasteiger charge is 2.01. The van der Waals surface area contributed by atoms with Gasteiger partial charge in [0.1, 0.15) is 6.61 Å². The Balaban J connectivity index is 2.77. The van der Waals surface area contributed by atoms with Gasteiger partial charge in [-0.25, -0.2) is 0 Å². The summed E-state index contributed by atoms with van der Waals surface area (Å²) in [5.74, 6) is 0. The van der Waals surface area contributed by atoms with E-state index in [1.54, 1.807) is 0 Å². The van der Waals surface area contributed by atoms with Gasteiger partial charge in [0.05, 0.1) is 5.71 Å². The number of aryl methyl sites for hydroxylation is 1. The number of hydrogen-bond acceptors (Lipinski definition) is 2. The molecule has 0 aliphatic heterocycles. The number of rotatable bonds is 5. The van der Waals surface area contributed by atoms with Crippen molar-refractivity contribution in [2.24, 2.45) is 5.16 Å². The van der Waals surface area contributed by atoms with E-state index in [0.717, 1.165) is 29.7 Å². The first-order chi connectivity index (χ1) is 7.27. The first-order valence-electron chi connectivity index (χ1n) is 5.45. The maximum Gasteiger partial charge on any atom is 0.116 e. The van der Waals surface area contributed by atoms with E-state index in [0.29, 0.717) is 6.61 Å². The molecule has 0 spiro atoms. The lowest BCUT2D eigenvalue weighted by atomic mass is 10.1. The molecule has 2 nitrogen and oxygen atoms in total. The summed E-state index contributed by atoms with van der Waals surface area (Å²) in [4.78, 5) is 5.21. The largest absolute Gasteiger partial charge is 0.396 e. The highest BCUT2D eigenvalue weighted by atomic mass is 16.6. The fourth-order valence-electron chi connectivity index (χ4n) is 1.30. The average molecular weight is 204 g/mol. The molecule has 0 heterocycles. The molecule has 1 aromatic carbocycles. The van der Waals surface area contributed by atoms with Crippen LogP contribution in [0.25, 0.3) is 0 Å². The van der Waals surface area contributed by atoms with E-state index in [9.17, 15) is 0 Å². The molecule has 1 rings (SSSR count). The van der Waals surface area contributed by atoms with Gasteiger partial charge in [0, 0.05) is 0 Å². The smallest absolute Gasteiger partial charge is 0.116 e. The molecule has 2 heteroatoms. The van der Waals surface area contributed by atoms with Crippen molar-refractivity contribution < 1.29 is 4.84 Å². The average Bonchev–Trinajstić information content (AvgIpc) is 2.24. The minimum absolute atomic E-state index is 0.682. The lowest BCUT2D eigenvalue weighted by molar-refractivity contribution is 0.144. The quantitative estimate of drug-likeness (QED) is 0.409. The van der Waals surface area contributed by atoms with Crippen molar-refractivity contribution in [3.05, 3.63) is 35.4 Å². The minimum atomic E-state index is 0.682. The second-order valence-electron chi connectivity index (χ2n) is 3.49. The van der Waals surface area contributed by atoms with E-state index in [1.165, 1.54) is 0 Å². The van der Waals surface area contributed by atoms with Gasteiger partial charge < -0.3 is 4.84 Å². The highest BCUT2D eigenvalue weighted by Crippen LogP contribution is 2.07. The lowest BCUT2D eigenvalue weighted by Gasteiger charge is -2.04. The summed E-state index contributed by atoms with van der Waals surface area (Å²) in [6, 6.07) is 9.15. The molecule has 0 fully saturated rings. The number of nitrogens with zero attached hydrogens (tertiary/aromatic N) is 1. The SMILES string of the molecule is CCCON=C(CC)c1cc[c]c(C)c1. The van der Waals surface area contributed by atoms with Crippen molar-refractivity contribution in [3.63, 3.8) is 0 Å². The normalized spacial score (nSPS) is 11.5. The van der Waals surface area contributed by atoms with Crippen LogP contribution in [-0.4, -0.2) is 12.3 Å². The van der Waals surface area contributed by atoms with Gasteiger partial charge in [-0.3, -0.25) is 0 Å². The molecule has 0 aliphatic rings. The first kappa shape index (κ1) is 11.8. The van der Waals surface area contributed by atoms with Gasteiger partial charge in [0.15, 0.2) is 0 Å². The Morgan fingerprint density at radius 3 is 2.87 bits per heavy atom. The second kappa shape index (κ2) is 6.23. The molecule has 1 aromatic rings. The zero-order valence-electron chi connectivity index (χ0n) is 9.71. The van der Waals surface area contributed by atoms with Crippen molar-refractivity contribution >= 4 is 5.71 Å². The third-order valence-corrected chi connectivity index (χ3v) is 2.08. The van der Waals surface area contributed by atoms with Crippen LogP contribution in [0.4, 0.5) is 0 Å². The van der Waals surface area contributed by atoms with Crippen LogP contribution in [0.5, 0.6) is 0 Å². The summed E-state index contributed by atoms with van der Waals surface area (Å²) in [5.41, 5.74) is 3.26. The maximum atomic E-state index is 5.21. The molecule has 0 aromatic heterocycles. The van der Waals surface area contributed by atoms with Crippen LogP contribution in [0, 0.1) is 13.0 Å². The van der Waals surface area contributed by atoms with Crippen LogP contribution < -0.4 is 0 Å². The summed E-state index contributed by atoms with van der Waals surface area (Å²) < 4.78 is 0. The molecule has 0 saturated carbocycles. The van der Waals surface area contributed by atoms with E-state index >= 15 is 0 Å². The topological polar surface area (TPSA) is 21.6 Å². The van der Waals surface area contributed by atoms with E-state index in [2.05, 4.69) is 31.1 Å². The van der Waals surface area contributed by atoms with E-state index in [-0.39, 0.29) is 0 Å². The Kier molecular flexibility index (Phi) is 4.88. The van der Waals surface area contributed by atoms with Gasteiger partial charge in [-0.15, -0.1) is 0 Å². The molecule has 0 atom stereocenters. The molecule has 1 radical (unpaired) electrons. The Morgan fingerprint density at radius 1 is 1.47 bits per heavy atom. The third-order valence-electron chi connectivity index (χ3n) is 2.08. The molecule has 0 bridgehead atoms. The Hall–Kier alpha value is -1.31. The first-order valence-corrected chi connectivity index (χ1v) is 5.45. The zero-order valence-corrected chi connectivity index (χ0v) is 9.71. The van der Waals surface area contributed by atoms with Gasteiger partial charge >= 0.3 is 0 Å². The summed E-state index contributed by atoms with van der Waals surface area (Å²) in [6.45, 7) is 6.87. The highest BCUT2D eigenvalue weighted by molar-refractivity contribution is 6.00. The molecule has 0 aliphatic carbocycles. The molecule has 0 saturated heterocycles. The van der Waals surface area contributed by atoms with Gasteiger partial charge in [-0.1, -0.05) is 31.1 Å². The van der Waals surface area contributed by atoms with Crippen molar-refractivity contribution in [1.29, 1.82) is 0 Å². The third kappa shape index (κ3) is 3.74. The van der Waals surface area contributed by atoms with E-state index in [1.807, 2.05) is 19.1 Å². The second-order valence-corrected chi connectivity index (χ2v) is 3.49. The van der Waals surface area contributed by atoms with Gasteiger partial charge in [0.25, 0.3) is 0 Å². The molecule has 0 amide bonds. The molecule has 0 N–H and O–H groups in total. The van der Waals surface area contributed by atoms with Crippen molar-refractivity contribution in [1.82, 2.24) is 0 Å². The number of oxime groups is 1. The maximum absolute atomic E-state index is 5.21. The molecular weight excluding hydrogens is 186 g/mol.